The molecule has 0 aliphatic heterocycles. The Morgan fingerprint density at radius 2 is 1.35 bits per heavy atom. The molecule has 1 aliphatic carbocycles. The molecule has 0 amide bonds. The summed E-state index contributed by atoms with van der Waals surface area (Å²) in [6.07, 6.45) is 4.47. The molecule has 5 nitrogen and oxygen atoms in total. The van der Waals surface area contributed by atoms with Crippen LogP contribution in [0.15, 0.2) is 0 Å². The molecule has 1 fully saturated rings. The van der Waals surface area contributed by atoms with Crippen molar-refractivity contribution in [1.29, 1.82) is 0 Å². The predicted molar refractivity (Wildman–Crippen MR) is 73.0 cm³/mol. The van der Waals surface area contributed by atoms with Crippen molar-refractivity contribution >= 4 is 17.7 Å². The van der Waals surface area contributed by atoms with Gasteiger partial charge in [-0.2, -0.15) is 0 Å². The lowest BCUT2D eigenvalue weighted by molar-refractivity contribution is -0.151. The molecule has 0 aromatic heterocycles. The minimum absolute atomic E-state index is 0.0564. The van der Waals surface area contributed by atoms with E-state index in [0.717, 1.165) is 25.7 Å². The highest BCUT2D eigenvalue weighted by Crippen LogP contribution is 2.30. The Kier molecular flexibility index (Phi) is 7.26. The van der Waals surface area contributed by atoms with E-state index in [1.54, 1.807) is 6.92 Å². The number of Topliss-reactive ketones (excluding diaryl/α,β-unsaturated/α-hetero) is 1. The zero-order chi connectivity index (χ0) is 15.0. The topological polar surface area (TPSA) is 69.7 Å². The van der Waals surface area contributed by atoms with Gasteiger partial charge in [-0.05, 0) is 45.4 Å². The maximum atomic E-state index is 11.8. The summed E-state index contributed by atoms with van der Waals surface area (Å²) in [4.78, 5) is 33.6. The minimum Gasteiger partial charge on any atom is -0.466 e. The van der Waals surface area contributed by atoms with Gasteiger partial charge in [-0.15, -0.1) is 0 Å². The molecule has 0 radical (unpaired) electrons. The first-order chi connectivity index (χ1) is 9.50. The third-order valence-corrected chi connectivity index (χ3v) is 3.72. The molecule has 0 aromatic rings. The number of unbranched alkanes of at least 4 members (excludes halogenated alkanes) is 1. The van der Waals surface area contributed by atoms with Crippen molar-refractivity contribution < 1.29 is 23.9 Å². The SMILES string of the molecule is CC(=O)OCCCCOC(=O)C1CCC(C(C)=O)CC1. The average molecular weight is 284 g/mol. The van der Waals surface area contributed by atoms with Gasteiger partial charge < -0.3 is 9.47 Å². The molecule has 0 heterocycles. The van der Waals surface area contributed by atoms with Gasteiger partial charge in [0.25, 0.3) is 0 Å². The molecular formula is C15H24O5. The monoisotopic (exact) mass is 284 g/mol. The largest absolute Gasteiger partial charge is 0.466 e. The van der Waals surface area contributed by atoms with Gasteiger partial charge in [-0.25, -0.2) is 0 Å². The number of hydrogen-bond donors (Lipinski definition) is 0. The Hall–Kier alpha value is -1.39. The molecule has 1 rings (SSSR count). The molecule has 1 saturated carbocycles. The van der Waals surface area contributed by atoms with Gasteiger partial charge in [0.05, 0.1) is 19.1 Å². The van der Waals surface area contributed by atoms with Gasteiger partial charge in [-0.1, -0.05) is 0 Å². The van der Waals surface area contributed by atoms with E-state index in [2.05, 4.69) is 0 Å². The summed E-state index contributed by atoms with van der Waals surface area (Å²) >= 11 is 0. The Bertz CT molecular complexity index is 342. The highest BCUT2D eigenvalue weighted by Gasteiger charge is 2.29. The predicted octanol–water partition coefficient (Wildman–Crippen LogP) is 2.27. The van der Waals surface area contributed by atoms with Gasteiger partial charge in [0.1, 0.15) is 5.78 Å². The maximum Gasteiger partial charge on any atom is 0.308 e. The van der Waals surface area contributed by atoms with Crippen LogP contribution in [0.25, 0.3) is 0 Å². The summed E-state index contributed by atoms with van der Waals surface area (Å²) in [5.41, 5.74) is 0. The van der Waals surface area contributed by atoms with Crippen LogP contribution in [0, 0.1) is 11.8 Å². The van der Waals surface area contributed by atoms with Gasteiger partial charge in [0.15, 0.2) is 0 Å². The second-order valence-electron chi connectivity index (χ2n) is 5.37. The fraction of sp³-hybridized carbons (Fsp3) is 0.800. The first-order valence-corrected chi connectivity index (χ1v) is 7.31. The van der Waals surface area contributed by atoms with E-state index < -0.39 is 0 Å². The number of ether oxygens (including phenoxy) is 2. The third kappa shape index (κ3) is 6.17. The van der Waals surface area contributed by atoms with E-state index in [-0.39, 0.29) is 29.6 Å². The van der Waals surface area contributed by atoms with E-state index >= 15 is 0 Å². The number of hydrogen-bond acceptors (Lipinski definition) is 5. The maximum absolute atomic E-state index is 11.8. The normalized spacial score (nSPS) is 22.1. The lowest BCUT2D eigenvalue weighted by Crippen LogP contribution is -2.26. The van der Waals surface area contributed by atoms with Crippen LogP contribution in [0.4, 0.5) is 0 Å². The first-order valence-electron chi connectivity index (χ1n) is 7.31. The first kappa shape index (κ1) is 16.7. The van der Waals surface area contributed by atoms with Crippen LogP contribution in [-0.2, 0) is 23.9 Å². The fourth-order valence-electron chi connectivity index (χ4n) is 2.45. The zero-order valence-corrected chi connectivity index (χ0v) is 12.4. The van der Waals surface area contributed by atoms with Crippen LogP contribution in [0.5, 0.6) is 0 Å². The van der Waals surface area contributed by atoms with E-state index in [1.165, 1.54) is 6.92 Å². The average Bonchev–Trinajstić information content (AvgIpc) is 2.42. The van der Waals surface area contributed by atoms with Crippen LogP contribution in [0.2, 0.25) is 0 Å². The van der Waals surface area contributed by atoms with Gasteiger partial charge in [-0.3, -0.25) is 14.4 Å². The summed E-state index contributed by atoms with van der Waals surface area (Å²) in [7, 11) is 0. The minimum atomic E-state index is -0.288. The Morgan fingerprint density at radius 1 is 0.850 bits per heavy atom. The Labute approximate surface area is 120 Å². The van der Waals surface area contributed by atoms with Crippen molar-refractivity contribution in [3.05, 3.63) is 0 Å². The van der Waals surface area contributed by atoms with Crippen molar-refractivity contribution in [1.82, 2.24) is 0 Å². The van der Waals surface area contributed by atoms with Crippen LogP contribution >= 0.6 is 0 Å². The Morgan fingerprint density at radius 3 is 1.85 bits per heavy atom. The molecule has 0 atom stereocenters. The smallest absolute Gasteiger partial charge is 0.308 e. The molecule has 114 valence electrons. The molecule has 0 unspecified atom stereocenters. The number of rotatable bonds is 7. The molecule has 0 bridgehead atoms. The van der Waals surface area contributed by atoms with Crippen LogP contribution in [0.1, 0.15) is 52.4 Å². The Balaban J connectivity index is 2.09. The van der Waals surface area contributed by atoms with Gasteiger partial charge in [0.2, 0.25) is 0 Å². The molecular weight excluding hydrogens is 260 g/mol. The second-order valence-corrected chi connectivity index (χ2v) is 5.37. The highest BCUT2D eigenvalue weighted by atomic mass is 16.5. The summed E-state index contributed by atoms with van der Waals surface area (Å²) in [5.74, 6) is -0.146. The second kappa shape index (κ2) is 8.72. The number of ketones is 1. The summed E-state index contributed by atoms with van der Waals surface area (Å²) in [5, 5.41) is 0. The van der Waals surface area contributed by atoms with E-state index in [9.17, 15) is 14.4 Å². The zero-order valence-electron chi connectivity index (χ0n) is 12.4. The molecule has 0 aromatic carbocycles. The number of esters is 2. The number of carbonyl (C=O) groups is 3. The fourth-order valence-corrected chi connectivity index (χ4v) is 2.45. The van der Waals surface area contributed by atoms with Crippen LogP contribution in [0.3, 0.4) is 0 Å². The van der Waals surface area contributed by atoms with Crippen molar-refractivity contribution in [3.8, 4) is 0 Å². The van der Waals surface area contributed by atoms with Crippen LogP contribution in [-0.4, -0.2) is 30.9 Å². The van der Waals surface area contributed by atoms with E-state index in [1.807, 2.05) is 0 Å². The van der Waals surface area contributed by atoms with Crippen molar-refractivity contribution in [2.45, 2.75) is 52.4 Å². The summed E-state index contributed by atoms with van der Waals surface area (Å²) in [6.45, 7) is 3.73. The molecule has 0 N–H and O–H groups in total. The molecule has 0 saturated heterocycles. The lowest BCUT2D eigenvalue weighted by atomic mass is 9.80. The molecule has 5 heteroatoms. The number of carbonyl (C=O) groups excluding carboxylic acids is 3. The summed E-state index contributed by atoms with van der Waals surface area (Å²) in [6, 6.07) is 0. The third-order valence-electron chi connectivity index (χ3n) is 3.72. The van der Waals surface area contributed by atoms with Gasteiger partial charge >= 0.3 is 11.9 Å². The van der Waals surface area contributed by atoms with Crippen molar-refractivity contribution in [3.63, 3.8) is 0 Å². The van der Waals surface area contributed by atoms with E-state index in [4.69, 9.17) is 9.47 Å². The molecule has 20 heavy (non-hydrogen) atoms. The van der Waals surface area contributed by atoms with Crippen LogP contribution < -0.4 is 0 Å². The summed E-state index contributed by atoms with van der Waals surface area (Å²) < 4.78 is 10.0. The molecule has 0 spiro atoms. The van der Waals surface area contributed by atoms with E-state index in [0.29, 0.717) is 26.1 Å². The highest BCUT2D eigenvalue weighted by molar-refractivity contribution is 5.79. The van der Waals surface area contributed by atoms with Crippen molar-refractivity contribution in [2.75, 3.05) is 13.2 Å². The quantitative estimate of drug-likeness (QED) is 0.530. The van der Waals surface area contributed by atoms with Gasteiger partial charge in [0, 0.05) is 12.8 Å². The van der Waals surface area contributed by atoms with Crippen molar-refractivity contribution in [2.24, 2.45) is 11.8 Å². The molecule has 1 aliphatic rings. The standard InChI is InChI=1S/C15H24O5/c1-11(16)13-5-7-14(8-6-13)15(18)20-10-4-3-9-19-12(2)17/h13-14H,3-10H2,1-2H3. The lowest BCUT2D eigenvalue weighted by Gasteiger charge is -2.25.